The molecule has 14 aromatic rings. The van der Waals surface area contributed by atoms with Crippen molar-refractivity contribution in [2.45, 2.75) is 0 Å². The van der Waals surface area contributed by atoms with Crippen LogP contribution >= 0.6 is 0 Å². The van der Waals surface area contributed by atoms with Crippen molar-refractivity contribution in [1.29, 1.82) is 0 Å². The summed E-state index contributed by atoms with van der Waals surface area (Å²) in [5, 5.41) is 17.8. The van der Waals surface area contributed by atoms with Crippen molar-refractivity contribution in [2.75, 3.05) is 4.90 Å². The Bertz CT molecular complexity index is 4140. The monoisotopic (exact) mass is 836 g/mol. The van der Waals surface area contributed by atoms with Crippen LogP contribution in [0.3, 0.4) is 0 Å². The summed E-state index contributed by atoms with van der Waals surface area (Å²) in [5.74, 6) is 0. The number of anilines is 3. The minimum Gasteiger partial charge on any atom is -0.310 e. The number of aromatic nitrogens is 1. The molecule has 13 aromatic carbocycles. The van der Waals surface area contributed by atoms with Crippen LogP contribution in [0.2, 0.25) is 0 Å². The van der Waals surface area contributed by atoms with E-state index in [1.165, 1.54) is 109 Å². The van der Waals surface area contributed by atoms with Gasteiger partial charge < -0.3 is 9.47 Å². The van der Waals surface area contributed by atoms with Crippen molar-refractivity contribution in [3.63, 3.8) is 0 Å². The van der Waals surface area contributed by atoms with E-state index in [-0.39, 0.29) is 0 Å². The fraction of sp³-hybridized carbons (Fsp3) is 0. The largest absolute Gasteiger partial charge is 0.310 e. The van der Waals surface area contributed by atoms with Gasteiger partial charge in [0.15, 0.2) is 0 Å². The molecule has 0 spiro atoms. The summed E-state index contributed by atoms with van der Waals surface area (Å²) >= 11 is 0. The average molecular weight is 837 g/mol. The van der Waals surface area contributed by atoms with Gasteiger partial charge in [0, 0.05) is 33.5 Å². The number of hydrogen-bond donors (Lipinski definition) is 0. The summed E-state index contributed by atoms with van der Waals surface area (Å²) in [6.45, 7) is 0. The maximum atomic E-state index is 2.46. The number of hydrogen-bond acceptors (Lipinski definition) is 1. The van der Waals surface area contributed by atoms with Crippen molar-refractivity contribution in [1.82, 2.24) is 4.57 Å². The molecule has 0 amide bonds. The maximum absolute atomic E-state index is 2.46. The zero-order valence-electron chi connectivity index (χ0n) is 36.0. The Morgan fingerprint density at radius 1 is 0.242 bits per heavy atom. The molecule has 0 unspecified atom stereocenters. The molecule has 0 aliphatic carbocycles. The lowest BCUT2D eigenvalue weighted by atomic mass is 9.87. The molecule has 2 heteroatoms. The second kappa shape index (κ2) is 14.4. The van der Waals surface area contributed by atoms with Crippen molar-refractivity contribution in [3.05, 3.63) is 243 Å². The summed E-state index contributed by atoms with van der Waals surface area (Å²) in [4.78, 5) is 2.46. The second-order valence-electron chi connectivity index (χ2n) is 17.6. The SMILES string of the molecule is c1ccc(-c2ccc(-c3ccc(N(c4cccc(-n5c6ccccc6c6ccccc65)c4)c4cc5ccc6cccc7c8cccc9ccc%10cccc(c(c4)c5c67)c%10c98)cc3)cc2)cc1. The van der Waals surface area contributed by atoms with E-state index >= 15 is 0 Å². The zero-order valence-corrected chi connectivity index (χ0v) is 36.0. The van der Waals surface area contributed by atoms with Gasteiger partial charge in [0.05, 0.1) is 11.0 Å². The van der Waals surface area contributed by atoms with Crippen LogP contribution in [0, 0.1) is 0 Å². The van der Waals surface area contributed by atoms with Crippen molar-refractivity contribution in [2.24, 2.45) is 0 Å². The standard InChI is InChI=1S/C64H40N2/c1-2-12-41(13-3-1)42-26-28-43(29-27-42)44-34-36-49(37-35-44)65(50-17-11-18-51(39-50)66-59-24-6-4-19-53(59)54-20-5-7-25-60(54)66)52-38-48-33-32-47-15-9-22-56-55-21-8-14-45-30-31-46-16-10-23-57(63(46)61(45)55)58(40-52)64(48)62(47)56/h1-40H. The Morgan fingerprint density at radius 2 is 0.682 bits per heavy atom. The minimum absolute atomic E-state index is 1.08. The smallest absolute Gasteiger partial charge is 0.0541 e. The van der Waals surface area contributed by atoms with Crippen LogP contribution in [0.4, 0.5) is 17.1 Å². The summed E-state index contributed by atoms with van der Waals surface area (Å²) in [7, 11) is 0. The van der Waals surface area contributed by atoms with Crippen LogP contribution in [-0.2, 0) is 0 Å². The van der Waals surface area contributed by atoms with E-state index in [4.69, 9.17) is 0 Å². The first-order valence-corrected chi connectivity index (χ1v) is 22.8. The number of para-hydroxylation sites is 2. The third-order valence-electron chi connectivity index (χ3n) is 14.0. The third-order valence-corrected chi connectivity index (χ3v) is 14.0. The van der Waals surface area contributed by atoms with Crippen LogP contribution < -0.4 is 4.90 Å². The van der Waals surface area contributed by atoms with E-state index in [2.05, 4.69) is 252 Å². The topological polar surface area (TPSA) is 8.17 Å². The summed E-state index contributed by atoms with van der Waals surface area (Å²) in [6.07, 6.45) is 0. The molecule has 0 bridgehead atoms. The van der Waals surface area contributed by atoms with Gasteiger partial charge in [-0.2, -0.15) is 0 Å². The summed E-state index contributed by atoms with van der Waals surface area (Å²) < 4.78 is 2.42. The third kappa shape index (κ3) is 5.55. The molecule has 0 atom stereocenters. The normalized spacial score (nSPS) is 11.9. The molecule has 1 aromatic heterocycles. The molecule has 306 valence electrons. The Labute approximate surface area is 381 Å². The van der Waals surface area contributed by atoms with Gasteiger partial charge in [-0.3, -0.25) is 0 Å². The fourth-order valence-electron chi connectivity index (χ4n) is 11.1. The fourth-order valence-corrected chi connectivity index (χ4v) is 11.1. The highest BCUT2D eigenvalue weighted by Gasteiger charge is 2.21. The van der Waals surface area contributed by atoms with E-state index in [0.29, 0.717) is 0 Å². The van der Waals surface area contributed by atoms with Crippen LogP contribution in [0.1, 0.15) is 0 Å². The molecular weight excluding hydrogens is 797 g/mol. The molecule has 0 saturated heterocycles. The quantitative estimate of drug-likeness (QED) is 0.152. The van der Waals surface area contributed by atoms with E-state index in [9.17, 15) is 0 Å². The predicted molar refractivity (Wildman–Crippen MR) is 283 cm³/mol. The Kier molecular flexibility index (Phi) is 8.02. The first-order valence-electron chi connectivity index (χ1n) is 22.8. The lowest BCUT2D eigenvalue weighted by Gasteiger charge is -2.27. The van der Waals surface area contributed by atoms with Crippen molar-refractivity contribution in [3.8, 4) is 27.9 Å². The molecule has 0 radical (unpaired) electrons. The van der Waals surface area contributed by atoms with E-state index in [1.54, 1.807) is 0 Å². The van der Waals surface area contributed by atoms with Gasteiger partial charge in [-0.05, 0) is 141 Å². The van der Waals surface area contributed by atoms with Gasteiger partial charge in [0.25, 0.3) is 0 Å². The molecule has 0 aliphatic heterocycles. The van der Waals surface area contributed by atoms with Crippen LogP contribution in [0.25, 0.3) is 114 Å². The Hall–Kier alpha value is -8.72. The number of benzene rings is 12. The first kappa shape index (κ1) is 36.7. The number of rotatable bonds is 6. The maximum Gasteiger partial charge on any atom is 0.0541 e. The molecule has 0 fully saturated rings. The molecule has 66 heavy (non-hydrogen) atoms. The lowest BCUT2D eigenvalue weighted by molar-refractivity contribution is 1.17. The van der Waals surface area contributed by atoms with Gasteiger partial charge in [0.2, 0.25) is 0 Å². The van der Waals surface area contributed by atoms with E-state index in [0.717, 1.165) is 22.7 Å². The Morgan fingerprint density at radius 3 is 1.26 bits per heavy atom. The molecule has 2 nitrogen and oxygen atoms in total. The highest BCUT2D eigenvalue weighted by atomic mass is 15.1. The van der Waals surface area contributed by atoms with E-state index < -0.39 is 0 Å². The summed E-state index contributed by atoms with van der Waals surface area (Å²) in [5.41, 5.74) is 11.6. The summed E-state index contributed by atoms with van der Waals surface area (Å²) in [6, 6.07) is 89.8. The van der Waals surface area contributed by atoms with Gasteiger partial charge in [-0.1, -0.05) is 188 Å². The molecule has 0 saturated carbocycles. The zero-order chi connectivity index (χ0) is 43.3. The highest BCUT2D eigenvalue weighted by Crippen LogP contribution is 2.47. The molecule has 0 aliphatic rings. The van der Waals surface area contributed by atoms with Crippen LogP contribution in [0.5, 0.6) is 0 Å². The second-order valence-corrected chi connectivity index (χ2v) is 17.6. The van der Waals surface area contributed by atoms with Gasteiger partial charge in [-0.15, -0.1) is 0 Å². The van der Waals surface area contributed by atoms with Crippen molar-refractivity contribution < 1.29 is 0 Å². The lowest BCUT2D eigenvalue weighted by Crippen LogP contribution is -2.11. The predicted octanol–water partition coefficient (Wildman–Crippen LogP) is 17.9. The van der Waals surface area contributed by atoms with E-state index in [1.807, 2.05) is 0 Å². The molecular formula is C64H40N2. The number of nitrogens with zero attached hydrogens (tertiary/aromatic N) is 2. The van der Waals surface area contributed by atoms with Crippen molar-refractivity contribution >= 4 is 104 Å². The molecule has 14 rings (SSSR count). The minimum atomic E-state index is 1.08. The molecule has 1 heterocycles. The van der Waals surface area contributed by atoms with Gasteiger partial charge in [0.1, 0.15) is 0 Å². The van der Waals surface area contributed by atoms with Gasteiger partial charge in [-0.25, -0.2) is 0 Å². The number of fused-ring (bicyclic) bond motifs is 5. The highest BCUT2D eigenvalue weighted by molar-refractivity contribution is 6.37. The average Bonchev–Trinajstić information content (AvgIpc) is 3.72. The van der Waals surface area contributed by atoms with Gasteiger partial charge >= 0.3 is 0 Å². The Balaban J connectivity index is 1.03. The molecule has 0 N–H and O–H groups in total. The first-order chi connectivity index (χ1) is 32.7. The van der Waals surface area contributed by atoms with Crippen LogP contribution in [0.15, 0.2) is 243 Å². The van der Waals surface area contributed by atoms with Crippen LogP contribution in [-0.4, -0.2) is 4.57 Å².